The van der Waals surface area contributed by atoms with E-state index in [-0.39, 0.29) is 27.9 Å². The predicted molar refractivity (Wildman–Crippen MR) is 100 cm³/mol. The molecule has 27 heavy (non-hydrogen) atoms. The van der Waals surface area contributed by atoms with Gasteiger partial charge in [-0.05, 0) is 57.0 Å². The highest BCUT2D eigenvalue weighted by Gasteiger charge is 2.35. The van der Waals surface area contributed by atoms with Crippen molar-refractivity contribution in [2.45, 2.75) is 25.3 Å². The van der Waals surface area contributed by atoms with E-state index in [1.165, 1.54) is 18.2 Å². The second-order valence-corrected chi connectivity index (χ2v) is 8.13. The smallest absolute Gasteiger partial charge is 0.251 e. The number of carbonyl (C=O) groups is 2. The molecule has 1 aromatic rings. The average molecular weight is 398 g/mol. The van der Waals surface area contributed by atoms with E-state index in [4.69, 9.17) is 16.3 Å². The van der Waals surface area contributed by atoms with Crippen LogP contribution in [0.5, 0.6) is 0 Å². The van der Waals surface area contributed by atoms with Crippen molar-refractivity contribution in [3.05, 3.63) is 34.6 Å². The number of hydrogen-bond acceptors (Lipinski definition) is 4. The molecule has 2 N–H and O–H groups in total. The summed E-state index contributed by atoms with van der Waals surface area (Å²) in [5.74, 6) is -0.485. The van der Waals surface area contributed by atoms with Gasteiger partial charge in [-0.15, -0.1) is 0 Å². The van der Waals surface area contributed by atoms with E-state index in [1.54, 1.807) is 0 Å². The van der Waals surface area contributed by atoms with Gasteiger partial charge in [0.2, 0.25) is 5.91 Å². The summed E-state index contributed by atoms with van der Waals surface area (Å²) in [6.07, 6.45) is 1.80. The summed E-state index contributed by atoms with van der Waals surface area (Å²) in [6.45, 7) is 5.65. The number of halogens is 2. The molecule has 8 heteroatoms. The second-order valence-electron chi connectivity index (χ2n) is 7.69. The molecule has 0 bridgehead atoms. The molecule has 6 nitrogen and oxygen atoms in total. The molecule has 2 heterocycles. The molecule has 0 radical (unpaired) electrons. The monoisotopic (exact) mass is 397 g/mol. The number of amides is 2. The van der Waals surface area contributed by atoms with Gasteiger partial charge in [-0.2, -0.15) is 0 Å². The van der Waals surface area contributed by atoms with Gasteiger partial charge in [0.05, 0.1) is 25.3 Å². The molecule has 0 unspecified atom stereocenters. The molecule has 0 aliphatic carbocycles. The number of nitrogens with zero attached hydrogens (tertiary/aromatic N) is 1. The van der Waals surface area contributed by atoms with Gasteiger partial charge in [0.15, 0.2) is 0 Å². The van der Waals surface area contributed by atoms with Crippen molar-refractivity contribution < 1.29 is 18.7 Å². The third kappa shape index (κ3) is 5.64. The summed E-state index contributed by atoms with van der Waals surface area (Å²) in [5, 5.41) is 6.07. The van der Waals surface area contributed by atoms with Crippen molar-refractivity contribution in [3.8, 4) is 0 Å². The maximum atomic E-state index is 13.4. The maximum absolute atomic E-state index is 13.4. The van der Waals surface area contributed by atoms with Crippen LogP contribution in [0.2, 0.25) is 5.02 Å². The first-order valence-corrected chi connectivity index (χ1v) is 9.56. The Morgan fingerprint density at radius 2 is 2.00 bits per heavy atom. The number of piperidine rings is 1. The molecule has 0 spiro atoms. The molecule has 2 amide bonds. The number of carbonyl (C=O) groups excluding carboxylic acids is 2. The van der Waals surface area contributed by atoms with Crippen molar-refractivity contribution >= 4 is 23.4 Å². The van der Waals surface area contributed by atoms with Gasteiger partial charge in [-0.3, -0.25) is 14.5 Å². The number of ether oxygens (including phenoxy) is 1. The molecule has 2 fully saturated rings. The minimum atomic E-state index is -0.526. The first kappa shape index (κ1) is 20.0. The minimum Gasteiger partial charge on any atom is -0.376 e. The Balaban J connectivity index is 1.38. The zero-order valence-electron chi connectivity index (χ0n) is 15.4. The summed E-state index contributed by atoms with van der Waals surface area (Å²) in [7, 11) is 0. The minimum absolute atomic E-state index is 0.0236. The Morgan fingerprint density at radius 3 is 2.59 bits per heavy atom. The molecule has 3 rings (SSSR count). The first-order chi connectivity index (χ1) is 12.8. The zero-order valence-corrected chi connectivity index (χ0v) is 16.2. The Labute approximate surface area is 163 Å². The summed E-state index contributed by atoms with van der Waals surface area (Å²) in [4.78, 5) is 26.4. The molecule has 1 aromatic carbocycles. The van der Waals surface area contributed by atoms with E-state index < -0.39 is 5.82 Å². The molecule has 0 aromatic heterocycles. The highest BCUT2D eigenvalue weighted by Crippen LogP contribution is 2.18. The van der Waals surface area contributed by atoms with Crippen molar-refractivity contribution in [2.75, 3.05) is 39.4 Å². The van der Waals surface area contributed by atoms with Crippen LogP contribution in [0.4, 0.5) is 4.39 Å². The molecular formula is C19H25ClFN3O3. The van der Waals surface area contributed by atoms with Crippen molar-refractivity contribution in [3.63, 3.8) is 0 Å². The van der Waals surface area contributed by atoms with Crippen LogP contribution in [0.15, 0.2) is 18.2 Å². The zero-order chi connectivity index (χ0) is 19.4. The highest BCUT2D eigenvalue weighted by molar-refractivity contribution is 6.31. The van der Waals surface area contributed by atoms with E-state index in [0.29, 0.717) is 32.2 Å². The van der Waals surface area contributed by atoms with Gasteiger partial charge in [0.1, 0.15) is 5.82 Å². The molecule has 0 atom stereocenters. The van der Waals surface area contributed by atoms with E-state index in [1.807, 2.05) is 6.92 Å². The fourth-order valence-electron chi connectivity index (χ4n) is 3.43. The van der Waals surface area contributed by atoms with Crippen molar-refractivity contribution in [1.82, 2.24) is 15.5 Å². The molecule has 0 saturated carbocycles. The Morgan fingerprint density at radius 1 is 1.30 bits per heavy atom. The van der Waals surface area contributed by atoms with E-state index in [2.05, 4.69) is 15.5 Å². The quantitative estimate of drug-likeness (QED) is 0.768. The van der Waals surface area contributed by atoms with E-state index >= 15 is 0 Å². The normalized spacial score (nSPS) is 20.0. The molecule has 2 aliphatic rings. The summed E-state index contributed by atoms with van der Waals surface area (Å²) in [6, 6.07) is 3.80. The van der Waals surface area contributed by atoms with Crippen molar-refractivity contribution in [2.24, 2.45) is 5.92 Å². The SMILES string of the molecule is CC1(NC(=O)CN2CCC(CNC(=O)c3cc(F)cc(Cl)c3)CC2)COC1. The molecule has 2 aliphatic heterocycles. The van der Waals surface area contributed by atoms with Crippen LogP contribution in [0.3, 0.4) is 0 Å². The first-order valence-electron chi connectivity index (χ1n) is 9.18. The van der Waals surface area contributed by atoms with Gasteiger partial charge in [0, 0.05) is 17.1 Å². The average Bonchev–Trinajstić information content (AvgIpc) is 2.58. The number of rotatable bonds is 6. The van der Waals surface area contributed by atoms with Gasteiger partial charge in [0.25, 0.3) is 5.91 Å². The second kappa shape index (κ2) is 8.54. The maximum Gasteiger partial charge on any atom is 0.251 e. The summed E-state index contributed by atoms with van der Waals surface area (Å²) in [5.41, 5.74) is 0.00189. The molecular weight excluding hydrogens is 373 g/mol. The van der Waals surface area contributed by atoms with E-state index in [0.717, 1.165) is 25.9 Å². The Bertz CT molecular complexity index is 683. The van der Waals surface area contributed by atoms with Gasteiger partial charge in [-0.1, -0.05) is 11.6 Å². The lowest BCUT2D eigenvalue weighted by Crippen LogP contribution is -2.61. The van der Waals surface area contributed by atoms with Gasteiger partial charge >= 0.3 is 0 Å². The van der Waals surface area contributed by atoms with Crippen molar-refractivity contribution in [1.29, 1.82) is 0 Å². The van der Waals surface area contributed by atoms with Crippen LogP contribution in [-0.4, -0.2) is 61.6 Å². The third-order valence-corrected chi connectivity index (χ3v) is 5.25. The fraction of sp³-hybridized carbons (Fsp3) is 0.579. The molecule has 148 valence electrons. The predicted octanol–water partition coefficient (Wildman–Crippen LogP) is 1.83. The topological polar surface area (TPSA) is 70.7 Å². The third-order valence-electron chi connectivity index (χ3n) is 5.03. The van der Waals surface area contributed by atoms with E-state index in [9.17, 15) is 14.0 Å². The highest BCUT2D eigenvalue weighted by atomic mass is 35.5. The number of benzene rings is 1. The van der Waals surface area contributed by atoms with Gasteiger partial charge in [-0.25, -0.2) is 4.39 Å². The van der Waals surface area contributed by atoms with Crippen LogP contribution in [0.25, 0.3) is 0 Å². The molecule has 2 saturated heterocycles. The summed E-state index contributed by atoms with van der Waals surface area (Å²) < 4.78 is 18.5. The Hall–Kier alpha value is -1.70. The number of likely N-dealkylation sites (tertiary alicyclic amines) is 1. The lowest BCUT2D eigenvalue weighted by Gasteiger charge is -2.39. The number of nitrogens with one attached hydrogen (secondary N) is 2. The van der Waals surface area contributed by atoms with Crippen LogP contribution < -0.4 is 10.6 Å². The van der Waals surface area contributed by atoms with Crippen LogP contribution in [0, 0.1) is 11.7 Å². The number of hydrogen-bond donors (Lipinski definition) is 2. The van der Waals surface area contributed by atoms with Crippen LogP contribution in [0.1, 0.15) is 30.1 Å². The Kier molecular flexibility index (Phi) is 6.34. The summed E-state index contributed by atoms with van der Waals surface area (Å²) >= 11 is 5.79. The van der Waals surface area contributed by atoms with Crippen LogP contribution in [-0.2, 0) is 9.53 Å². The largest absolute Gasteiger partial charge is 0.376 e. The lowest BCUT2D eigenvalue weighted by molar-refractivity contribution is -0.132. The standard InChI is InChI=1S/C19H25ClFN3O3/c1-19(11-27-12-19)23-17(25)10-24-4-2-13(3-5-24)9-22-18(26)14-6-15(20)8-16(21)7-14/h6-8,13H,2-5,9-12H2,1H3,(H,22,26)(H,23,25). The fourth-order valence-corrected chi connectivity index (χ4v) is 3.65. The lowest BCUT2D eigenvalue weighted by atomic mass is 9.96. The van der Waals surface area contributed by atoms with Gasteiger partial charge < -0.3 is 15.4 Å². The van der Waals surface area contributed by atoms with Crippen LogP contribution >= 0.6 is 11.6 Å².